The first-order chi connectivity index (χ1) is 15.0. The van der Waals surface area contributed by atoms with Crippen LogP contribution in [0.4, 0.5) is 0 Å². The number of fused-ring (bicyclic) bond motifs is 3. The van der Waals surface area contributed by atoms with Crippen LogP contribution in [-0.4, -0.2) is 37.4 Å². The number of benzene rings is 2. The molecule has 2 aromatic heterocycles. The summed E-state index contributed by atoms with van der Waals surface area (Å²) in [5, 5.41) is 12.5. The van der Waals surface area contributed by atoms with Crippen molar-refractivity contribution >= 4 is 34.3 Å². The van der Waals surface area contributed by atoms with Crippen LogP contribution >= 0.6 is 11.8 Å². The maximum Gasteiger partial charge on any atom is 0.267 e. The van der Waals surface area contributed by atoms with Gasteiger partial charge in [0.25, 0.3) is 5.56 Å². The molecule has 1 N–H and O–H groups in total. The first-order valence-electron chi connectivity index (χ1n) is 10.0. The minimum atomic E-state index is -0.149. The van der Waals surface area contributed by atoms with Gasteiger partial charge in [0.05, 0.1) is 22.3 Å². The third-order valence-electron chi connectivity index (χ3n) is 4.97. The van der Waals surface area contributed by atoms with E-state index in [1.54, 1.807) is 16.7 Å². The van der Waals surface area contributed by atoms with E-state index in [9.17, 15) is 9.59 Å². The summed E-state index contributed by atoms with van der Waals surface area (Å²) in [6, 6.07) is 15.2. The number of thioether (sulfide) groups is 1. The van der Waals surface area contributed by atoms with Crippen LogP contribution in [0.1, 0.15) is 25.3 Å². The van der Waals surface area contributed by atoms with E-state index in [2.05, 4.69) is 35.9 Å². The Morgan fingerprint density at radius 2 is 1.90 bits per heavy atom. The predicted octanol–water partition coefficient (Wildman–Crippen LogP) is 3.55. The van der Waals surface area contributed by atoms with Gasteiger partial charge in [-0.2, -0.15) is 0 Å². The molecule has 7 nitrogen and oxygen atoms in total. The Balaban J connectivity index is 1.93. The number of nitrogens with one attached hydrogen (secondary N) is 1. The summed E-state index contributed by atoms with van der Waals surface area (Å²) in [6.45, 7) is 8.20. The third-order valence-corrected chi connectivity index (χ3v) is 5.90. The summed E-state index contributed by atoms with van der Waals surface area (Å²) in [6.07, 6.45) is 1.63. The highest BCUT2D eigenvalue weighted by Crippen LogP contribution is 2.26. The van der Waals surface area contributed by atoms with Crippen LogP contribution in [-0.2, 0) is 4.79 Å². The van der Waals surface area contributed by atoms with Crippen molar-refractivity contribution in [2.75, 3.05) is 12.3 Å². The number of amides is 1. The van der Waals surface area contributed by atoms with Gasteiger partial charge in [0.15, 0.2) is 5.16 Å². The van der Waals surface area contributed by atoms with Gasteiger partial charge in [-0.15, -0.1) is 16.8 Å². The monoisotopic (exact) mass is 433 g/mol. The Kier molecular flexibility index (Phi) is 5.90. The average molecular weight is 434 g/mol. The van der Waals surface area contributed by atoms with Crippen molar-refractivity contribution in [3.05, 3.63) is 77.1 Å². The second kappa shape index (κ2) is 8.77. The van der Waals surface area contributed by atoms with Gasteiger partial charge in [-0.1, -0.05) is 62.0 Å². The predicted molar refractivity (Wildman–Crippen MR) is 124 cm³/mol. The second-order valence-corrected chi connectivity index (χ2v) is 8.31. The fourth-order valence-corrected chi connectivity index (χ4v) is 4.31. The lowest BCUT2D eigenvalue weighted by Crippen LogP contribution is -2.25. The fraction of sp³-hybridized carbons (Fsp3) is 0.217. The number of carbonyl (C=O) groups excluding carboxylic acids is 1. The quantitative estimate of drug-likeness (QED) is 0.356. The molecular formula is C23H23N5O2S. The molecule has 0 atom stereocenters. The van der Waals surface area contributed by atoms with E-state index in [1.807, 2.05) is 46.9 Å². The first-order valence-corrected chi connectivity index (χ1v) is 11.0. The first kappa shape index (κ1) is 20.9. The van der Waals surface area contributed by atoms with Gasteiger partial charge in [0.2, 0.25) is 11.7 Å². The highest BCUT2D eigenvalue weighted by molar-refractivity contribution is 7.99. The number of para-hydroxylation sites is 2. The maximum absolute atomic E-state index is 13.5. The molecular weight excluding hydrogens is 410 g/mol. The lowest BCUT2D eigenvalue weighted by molar-refractivity contribution is -0.118. The Morgan fingerprint density at radius 1 is 1.16 bits per heavy atom. The largest absolute Gasteiger partial charge is 0.352 e. The molecule has 158 valence electrons. The van der Waals surface area contributed by atoms with Crippen LogP contribution in [0.3, 0.4) is 0 Å². The molecule has 2 aromatic carbocycles. The maximum atomic E-state index is 13.5. The number of nitrogens with zero attached hydrogens (tertiary/aromatic N) is 4. The van der Waals surface area contributed by atoms with Gasteiger partial charge in [-0.3, -0.25) is 14.0 Å². The van der Waals surface area contributed by atoms with E-state index in [0.29, 0.717) is 28.4 Å². The van der Waals surface area contributed by atoms with Gasteiger partial charge >= 0.3 is 0 Å². The summed E-state index contributed by atoms with van der Waals surface area (Å²) in [5.41, 5.74) is 2.39. The SMILES string of the molecule is C=CCNC(=O)CSc1nnc2n(-c3ccccc3C(C)C)c(=O)c3ccccc3n12. The molecule has 0 unspecified atom stereocenters. The minimum Gasteiger partial charge on any atom is -0.352 e. The van der Waals surface area contributed by atoms with E-state index in [4.69, 9.17) is 0 Å². The molecule has 0 saturated heterocycles. The number of hydrogen-bond acceptors (Lipinski definition) is 5. The third kappa shape index (κ3) is 3.86. The number of aromatic nitrogens is 4. The van der Waals surface area contributed by atoms with E-state index in [-0.39, 0.29) is 23.1 Å². The van der Waals surface area contributed by atoms with Crippen molar-refractivity contribution in [2.24, 2.45) is 0 Å². The molecule has 0 spiro atoms. The summed E-state index contributed by atoms with van der Waals surface area (Å²) >= 11 is 1.28. The summed E-state index contributed by atoms with van der Waals surface area (Å²) < 4.78 is 3.46. The zero-order valence-corrected chi connectivity index (χ0v) is 18.2. The fourth-order valence-electron chi connectivity index (χ4n) is 3.54. The van der Waals surface area contributed by atoms with Crippen LogP contribution < -0.4 is 10.9 Å². The standard InChI is InChI=1S/C23H23N5O2S/c1-4-13-24-20(29)14-31-23-26-25-22-27(18-11-7-5-9-16(18)15(2)3)21(30)17-10-6-8-12-19(17)28(22)23/h4-12,15H,1,13-14H2,2-3H3,(H,24,29). The normalized spacial score (nSPS) is 11.3. The van der Waals surface area contributed by atoms with Gasteiger partial charge in [-0.25, -0.2) is 4.57 Å². The van der Waals surface area contributed by atoms with Crippen LogP contribution in [0.5, 0.6) is 0 Å². The van der Waals surface area contributed by atoms with Crippen molar-refractivity contribution in [3.8, 4) is 5.69 Å². The topological polar surface area (TPSA) is 81.3 Å². The lowest BCUT2D eigenvalue weighted by atomic mass is 10.0. The zero-order chi connectivity index (χ0) is 22.0. The van der Waals surface area contributed by atoms with Crippen LogP contribution in [0, 0.1) is 0 Å². The van der Waals surface area contributed by atoms with Crippen molar-refractivity contribution in [3.63, 3.8) is 0 Å². The molecule has 31 heavy (non-hydrogen) atoms. The van der Waals surface area contributed by atoms with Gasteiger partial charge in [0, 0.05) is 6.54 Å². The smallest absolute Gasteiger partial charge is 0.267 e. The average Bonchev–Trinajstić information content (AvgIpc) is 3.20. The van der Waals surface area contributed by atoms with Crippen molar-refractivity contribution in [1.29, 1.82) is 0 Å². The van der Waals surface area contributed by atoms with E-state index in [0.717, 1.165) is 11.3 Å². The minimum absolute atomic E-state index is 0.121. The van der Waals surface area contributed by atoms with Gasteiger partial charge in [0.1, 0.15) is 0 Å². The van der Waals surface area contributed by atoms with Crippen molar-refractivity contribution in [2.45, 2.75) is 24.9 Å². The van der Waals surface area contributed by atoms with Gasteiger partial charge in [-0.05, 0) is 29.7 Å². The molecule has 4 rings (SSSR count). The highest BCUT2D eigenvalue weighted by atomic mass is 32.2. The second-order valence-electron chi connectivity index (χ2n) is 7.37. The summed E-state index contributed by atoms with van der Waals surface area (Å²) in [4.78, 5) is 25.6. The zero-order valence-electron chi connectivity index (χ0n) is 17.4. The van der Waals surface area contributed by atoms with Crippen LogP contribution in [0.25, 0.3) is 22.4 Å². The van der Waals surface area contributed by atoms with E-state index >= 15 is 0 Å². The van der Waals surface area contributed by atoms with Crippen LogP contribution in [0.2, 0.25) is 0 Å². The molecule has 2 heterocycles. The molecule has 0 radical (unpaired) electrons. The Hall–Kier alpha value is -3.39. The summed E-state index contributed by atoms with van der Waals surface area (Å²) in [7, 11) is 0. The molecule has 0 saturated carbocycles. The van der Waals surface area contributed by atoms with Crippen LogP contribution in [0.15, 0.2) is 71.1 Å². The Labute approximate surface area is 183 Å². The number of carbonyl (C=O) groups is 1. The number of rotatable bonds is 7. The van der Waals surface area contributed by atoms with Crippen molar-refractivity contribution in [1.82, 2.24) is 24.5 Å². The Morgan fingerprint density at radius 3 is 2.68 bits per heavy atom. The van der Waals surface area contributed by atoms with E-state index < -0.39 is 0 Å². The number of hydrogen-bond donors (Lipinski definition) is 1. The summed E-state index contributed by atoms with van der Waals surface area (Å²) in [5.74, 6) is 0.708. The molecule has 0 fully saturated rings. The molecule has 0 aliphatic rings. The van der Waals surface area contributed by atoms with Gasteiger partial charge < -0.3 is 5.32 Å². The highest BCUT2D eigenvalue weighted by Gasteiger charge is 2.20. The lowest BCUT2D eigenvalue weighted by Gasteiger charge is -2.16. The van der Waals surface area contributed by atoms with Crippen molar-refractivity contribution < 1.29 is 4.79 Å². The van der Waals surface area contributed by atoms with E-state index in [1.165, 1.54) is 11.8 Å². The molecule has 0 aliphatic carbocycles. The molecule has 1 amide bonds. The molecule has 0 bridgehead atoms. The Bertz CT molecular complexity index is 1340. The molecule has 4 aromatic rings. The molecule has 0 aliphatic heterocycles. The molecule has 8 heteroatoms.